The molecule has 7 heteroatoms. The van der Waals surface area contributed by atoms with Crippen molar-refractivity contribution in [2.75, 3.05) is 6.61 Å². The van der Waals surface area contributed by atoms with Gasteiger partial charge in [0.05, 0.1) is 16.8 Å². The normalized spacial score (nSPS) is 11.7. The maximum Gasteiger partial charge on any atom is 0.326 e. The molecule has 0 aliphatic carbocycles. The molecule has 0 N–H and O–H groups in total. The van der Waals surface area contributed by atoms with Crippen molar-refractivity contribution in [3.8, 4) is 0 Å². The van der Waals surface area contributed by atoms with Crippen molar-refractivity contribution in [3.63, 3.8) is 0 Å². The molecule has 128 valence electrons. The van der Waals surface area contributed by atoms with Crippen LogP contribution in [0.25, 0.3) is 10.2 Å². The summed E-state index contributed by atoms with van der Waals surface area (Å²) in [6, 6.07) is 12.6. The first-order chi connectivity index (χ1) is 12.1. The van der Waals surface area contributed by atoms with Crippen LogP contribution in [-0.2, 0) is 16.1 Å². The molecule has 0 radical (unpaired) electrons. The van der Waals surface area contributed by atoms with Crippen molar-refractivity contribution in [2.45, 2.75) is 13.5 Å². The molecule has 0 saturated heterocycles. The zero-order valence-corrected chi connectivity index (χ0v) is 14.3. The zero-order valence-electron chi connectivity index (χ0n) is 13.4. The van der Waals surface area contributed by atoms with E-state index in [9.17, 15) is 14.0 Å². The van der Waals surface area contributed by atoms with Crippen LogP contribution in [0.1, 0.15) is 17.3 Å². The molecule has 25 heavy (non-hydrogen) atoms. The Hall–Kier alpha value is -2.80. The van der Waals surface area contributed by atoms with Gasteiger partial charge in [0.15, 0.2) is 4.80 Å². The van der Waals surface area contributed by atoms with E-state index < -0.39 is 17.7 Å². The number of para-hydroxylation sites is 1. The van der Waals surface area contributed by atoms with E-state index in [1.165, 1.54) is 35.6 Å². The van der Waals surface area contributed by atoms with Gasteiger partial charge in [-0.1, -0.05) is 23.5 Å². The van der Waals surface area contributed by atoms with Crippen LogP contribution in [0.2, 0.25) is 0 Å². The molecule has 0 unspecified atom stereocenters. The van der Waals surface area contributed by atoms with E-state index >= 15 is 0 Å². The Bertz CT molecular complexity index is 989. The fraction of sp³-hybridized carbons (Fsp3) is 0.167. The number of halogens is 1. The monoisotopic (exact) mass is 358 g/mol. The summed E-state index contributed by atoms with van der Waals surface area (Å²) in [6.45, 7) is 1.98. The Labute approximate surface area is 147 Å². The summed E-state index contributed by atoms with van der Waals surface area (Å²) in [5.74, 6) is -1.32. The summed E-state index contributed by atoms with van der Waals surface area (Å²) in [5, 5.41) is 0. The van der Waals surface area contributed by atoms with Gasteiger partial charge in [0.1, 0.15) is 12.4 Å². The lowest BCUT2D eigenvalue weighted by atomic mass is 10.2. The first kappa shape index (κ1) is 17.0. The Kier molecular flexibility index (Phi) is 5.04. The number of hydrogen-bond donors (Lipinski definition) is 0. The summed E-state index contributed by atoms with van der Waals surface area (Å²) in [6.07, 6.45) is 0. The summed E-state index contributed by atoms with van der Waals surface area (Å²) < 4.78 is 20.6. The third kappa shape index (κ3) is 3.83. The second kappa shape index (κ2) is 7.40. The van der Waals surface area contributed by atoms with Crippen molar-refractivity contribution in [1.29, 1.82) is 0 Å². The first-order valence-corrected chi connectivity index (χ1v) is 8.48. The topological polar surface area (TPSA) is 60.7 Å². The molecule has 3 aromatic rings. The molecule has 1 aromatic heterocycles. The van der Waals surface area contributed by atoms with Gasteiger partial charge in [-0.05, 0) is 43.3 Å². The quantitative estimate of drug-likeness (QED) is 0.673. The predicted octanol–water partition coefficient (Wildman–Crippen LogP) is 3.15. The van der Waals surface area contributed by atoms with Crippen LogP contribution in [0.4, 0.5) is 4.39 Å². The Morgan fingerprint density at radius 1 is 1.16 bits per heavy atom. The van der Waals surface area contributed by atoms with E-state index in [2.05, 4.69) is 4.99 Å². The van der Waals surface area contributed by atoms with Gasteiger partial charge in [-0.15, -0.1) is 0 Å². The van der Waals surface area contributed by atoms with Gasteiger partial charge in [-0.2, -0.15) is 4.99 Å². The SMILES string of the molecule is CCOC(=O)Cn1c(=NC(=O)c2ccc(F)cc2)sc2ccccc21. The van der Waals surface area contributed by atoms with Crippen molar-refractivity contribution in [2.24, 2.45) is 4.99 Å². The molecule has 0 fully saturated rings. The van der Waals surface area contributed by atoms with Crippen LogP contribution in [0.5, 0.6) is 0 Å². The molecule has 1 amide bonds. The molecule has 0 atom stereocenters. The largest absolute Gasteiger partial charge is 0.465 e. The van der Waals surface area contributed by atoms with Gasteiger partial charge in [-0.25, -0.2) is 4.39 Å². The minimum Gasteiger partial charge on any atom is -0.465 e. The van der Waals surface area contributed by atoms with Crippen LogP contribution in [-0.4, -0.2) is 23.1 Å². The van der Waals surface area contributed by atoms with Crippen molar-refractivity contribution in [3.05, 3.63) is 64.7 Å². The molecule has 0 spiro atoms. The van der Waals surface area contributed by atoms with Gasteiger partial charge < -0.3 is 9.30 Å². The first-order valence-electron chi connectivity index (χ1n) is 7.67. The van der Waals surface area contributed by atoms with Crippen molar-refractivity contribution in [1.82, 2.24) is 4.57 Å². The van der Waals surface area contributed by atoms with E-state index in [-0.39, 0.29) is 18.7 Å². The summed E-state index contributed by atoms with van der Waals surface area (Å²) in [7, 11) is 0. The van der Waals surface area contributed by atoms with E-state index in [4.69, 9.17) is 4.74 Å². The average Bonchev–Trinajstić information content (AvgIpc) is 2.93. The highest BCUT2D eigenvalue weighted by Gasteiger charge is 2.12. The number of amides is 1. The minimum atomic E-state index is -0.496. The molecule has 0 bridgehead atoms. The third-order valence-corrected chi connectivity index (χ3v) is 4.53. The lowest BCUT2D eigenvalue weighted by Crippen LogP contribution is -2.23. The molecule has 5 nitrogen and oxygen atoms in total. The Morgan fingerprint density at radius 2 is 1.88 bits per heavy atom. The van der Waals surface area contributed by atoms with Crippen LogP contribution < -0.4 is 4.80 Å². The molecule has 0 aliphatic heterocycles. The van der Waals surface area contributed by atoms with Gasteiger partial charge in [0.2, 0.25) is 0 Å². The highest BCUT2D eigenvalue weighted by molar-refractivity contribution is 7.16. The number of fused-ring (bicyclic) bond motifs is 1. The van der Waals surface area contributed by atoms with E-state index in [0.29, 0.717) is 4.80 Å². The van der Waals surface area contributed by atoms with Crippen molar-refractivity contribution >= 4 is 33.4 Å². The smallest absolute Gasteiger partial charge is 0.326 e. The standard InChI is InChI=1S/C18H15FN2O3S/c1-2-24-16(22)11-21-14-5-3-4-6-15(14)25-18(21)20-17(23)12-7-9-13(19)10-8-12/h3-10H,2,11H2,1H3. The minimum absolute atomic E-state index is 0.0343. The van der Waals surface area contributed by atoms with Crippen molar-refractivity contribution < 1.29 is 18.7 Å². The number of hydrogen-bond acceptors (Lipinski definition) is 4. The lowest BCUT2D eigenvalue weighted by molar-refractivity contribution is -0.143. The number of esters is 1. The molecule has 0 saturated carbocycles. The third-order valence-electron chi connectivity index (χ3n) is 3.47. The summed E-state index contributed by atoms with van der Waals surface area (Å²) in [5.41, 5.74) is 1.08. The van der Waals surface area contributed by atoms with Gasteiger partial charge in [0, 0.05) is 5.56 Å². The fourth-order valence-electron chi connectivity index (χ4n) is 2.34. The molecular formula is C18H15FN2O3S. The maximum absolute atomic E-state index is 13.0. The Morgan fingerprint density at radius 3 is 2.60 bits per heavy atom. The number of aromatic nitrogens is 1. The van der Waals surface area contributed by atoms with Crippen LogP contribution >= 0.6 is 11.3 Å². The van der Waals surface area contributed by atoms with E-state index in [0.717, 1.165) is 10.2 Å². The molecule has 2 aromatic carbocycles. The fourth-order valence-corrected chi connectivity index (χ4v) is 3.37. The van der Waals surface area contributed by atoms with Crippen LogP contribution in [0, 0.1) is 5.82 Å². The number of nitrogens with zero attached hydrogens (tertiary/aromatic N) is 2. The number of benzene rings is 2. The highest BCUT2D eigenvalue weighted by Crippen LogP contribution is 2.17. The lowest BCUT2D eigenvalue weighted by Gasteiger charge is -2.04. The second-order valence-electron chi connectivity index (χ2n) is 5.17. The van der Waals surface area contributed by atoms with E-state index in [1.807, 2.05) is 24.3 Å². The number of carbonyl (C=O) groups is 2. The number of thiazole rings is 1. The summed E-state index contributed by atoms with van der Waals surface area (Å²) in [4.78, 5) is 28.8. The zero-order chi connectivity index (χ0) is 17.8. The van der Waals surface area contributed by atoms with Crippen LogP contribution in [0.15, 0.2) is 53.5 Å². The molecular weight excluding hydrogens is 343 g/mol. The highest BCUT2D eigenvalue weighted by atomic mass is 32.1. The maximum atomic E-state index is 13.0. The second-order valence-corrected chi connectivity index (χ2v) is 6.18. The molecule has 3 rings (SSSR count). The van der Waals surface area contributed by atoms with Crippen LogP contribution in [0.3, 0.4) is 0 Å². The van der Waals surface area contributed by atoms with Gasteiger partial charge >= 0.3 is 5.97 Å². The van der Waals surface area contributed by atoms with E-state index in [1.54, 1.807) is 11.5 Å². The van der Waals surface area contributed by atoms with Gasteiger partial charge in [0.25, 0.3) is 5.91 Å². The molecule has 0 aliphatic rings. The number of rotatable bonds is 4. The number of carbonyl (C=O) groups excluding carboxylic acids is 2. The average molecular weight is 358 g/mol. The molecule has 1 heterocycles. The Balaban J connectivity index is 2.06. The number of ether oxygens (including phenoxy) is 1. The summed E-state index contributed by atoms with van der Waals surface area (Å²) >= 11 is 1.30. The van der Waals surface area contributed by atoms with Gasteiger partial charge in [-0.3, -0.25) is 9.59 Å². The predicted molar refractivity (Wildman–Crippen MR) is 92.7 cm³/mol.